The number of fused-ring (bicyclic) bond motifs is 1. The zero-order valence-electron chi connectivity index (χ0n) is 17.9. The molecule has 10 nitrogen and oxygen atoms in total. The number of aliphatic hydroxyl groups excluding tert-OH is 1. The molecule has 32 heavy (non-hydrogen) atoms. The van der Waals surface area contributed by atoms with Crippen LogP contribution in [0.15, 0.2) is 30.5 Å². The van der Waals surface area contributed by atoms with Crippen molar-refractivity contribution in [3.8, 4) is 0 Å². The van der Waals surface area contributed by atoms with E-state index >= 15 is 0 Å². The van der Waals surface area contributed by atoms with Gasteiger partial charge in [-0.15, -0.1) is 0 Å². The molecule has 1 saturated heterocycles. The number of nitrogens with one attached hydrogen (secondary N) is 3. The Labute approximate surface area is 185 Å². The second kappa shape index (κ2) is 8.71. The predicted molar refractivity (Wildman–Crippen MR) is 119 cm³/mol. The number of carbonyl (C=O) groups excluding carboxylic acids is 1. The molecule has 1 unspecified atom stereocenters. The van der Waals surface area contributed by atoms with Crippen LogP contribution < -0.4 is 16.0 Å². The van der Waals surface area contributed by atoms with E-state index in [2.05, 4.69) is 26.0 Å². The van der Waals surface area contributed by atoms with Gasteiger partial charge in [-0.2, -0.15) is 9.61 Å². The number of hydrogen-bond acceptors (Lipinski definition) is 8. The first kappa shape index (κ1) is 20.7. The summed E-state index contributed by atoms with van der Waals surface area (Å²) in [5.41, 5.74) is 1.76. The fraction of sp³-hybridized carbons (Fsp3) is 0.455. The van der Waals surface area contributed by atoms with E-state index in [1.54, 1.807) is 11.6 Å². The lowest BCUT2D eigenvalue weighted by atomic mass is 9.89. The van der Waals surface area contributed by atoms with Crippen molar-refractivity contribution in [2.45, 2.75) is 43.7 Å². The van der Waals surface area contributed by atoms with Crippen molar-refractivity contribution in [2.75, 3.05) is 30.9 Å². The van der Waals surface area contributed by atoms with Crippen LogP contribution >= 0.6 is 0 Å². The lowest BCUT2D eigenvalue weighted by Gasteiger charge is -2.32. The summed E-state index contributed by atoms with van der Waals surface area (Å²) < 4.78 is 7.19. The normalized spacial score (nSPS) is 22.9. The molecule has 168 valence electrons. The van der Waals surface area contributed by atoms with Gasteiger partial charge < -0.3 is 25.8 Å². The van der Waals surface area contributed by atoms with Gasteiger partial charge in [-0.1, -0.05) is 6.07 Å². The maximum atomic E-state index is 12.8. The van der Waals surface area contributed by atoms with Gasteiger partial charge in [0.15, 0.2) is 5.65 Å². The van der Waals surface area contributed by atoms with E-state index in [1.807, 2.05) is 24.3 Å². The zero-order valence-corrected chi connectivity index (χ0v) is 17.9. The van der Waals surface area contributed by atoms with E-state index in [-0.39, 0.29) is 11.9 Å². The Morgan fingerprint density at radius 2 is 2.12 bits per heavy atom. The topological polar surface area (TPSA) is 126 Å². The van der Waals surface area contributed by atoms with E-state index in [9.17, 15) is 9.90 Å². The standard InChI is InChI=1S/C22H27N7O3/c1-23-20-10-19(27-18-6-2-5-15(25-18)13-4-3-9-32-12-13)28-21-14(11-24-29(20)21)22(31)26-16-7-8-17(16)30/h2,5-6,10-11,13,16-17,23,30H,3-4,7-9,12H2,1H3,(H,26,31)(H,25,27,28)/t13-,16?,17+/m0/s1. The first-order chi connectivity index (χ1) is 15.6. The number of rotatable bonds is 6. The Morgan fingerprint density at radius 3 is 2.84 bits per heavy atom. The highest BCUT2D eigenvalue weighted by molar-refractivity contribution is 6.00. The number of aliphatic hydroxyl groups is 1. The third-order valence-corrected chi connectivity index (χ3v) is 6.13. The van der Waals surface area contributed by atoms with Gasteiger partial charge in [0, 0.05) is 31.3 Å². The van der Waals surface area contributed by atoms with Crippen LogP contribution in [0.3, 0.4) is 0 Å². The van der Waals surface area contributed by atoms with Gasteiger partial charge in [-0.3, -0.25) is 4.79 Å². The summed E-state index contributed by atoms with van der Waals surface area (Å²) in [4.78, 5) is 22.2. The van der Waals surface area contributed by atoms with Crippen LogP contribution in [0.25, 0.3) is 5.65 Å². The average Bonchev–Trinajstić information content (AvgIpc) is 3.26. The fourth-order valence-electron chi connectivity index (χ4n) is 4.12. The van der Waals surface area contributed by atoms with E-state index < -0.39 is 6.10 Å². The smallest absolute Gasteiger partial charge is 0.257 e. The lowest BCUT2D eigenvalue weighted by molar-refractivity contribution is 0.0448. The van der Waals surface area contributed by atoms with Gasteiger partial charge in [0.1, 0.15) is 23.0 Å². The number of nitrogens with zero attached hydrogens (tertiary/aromatic N) is 4. The lowest BCUT2D eigenvalue weighted by Crippen LogP contribution is -2.50. The molecule has 2 fully saturated rings. The Hall–Kier alpha value is -3.24. The molecule has 0 spiro atoms. The van der Waals surface area contributed by atoms with Crippen molar-refractivity contribution in [1.82, 2.24) is 24.9 Å². The highest BCUT2D eigenvalue weighted by Crippen LogP contribution is 2.27. The SMILES string of the molecule is CNc1cc(Nc2cccc([C@H]3CCCOC3)n2)nc2c(C(=O)NC3CC[C@H]3O)cnn12. The molecular formula is C22H27N7O3. The molecule has 2 aliphatic rings. The molecule has 1 amide bonds. The van der Waals surface area contributed by atoms with Crippen LogP contribution in [0.5, 0.6) is 0 Å². The molecule has 4 heterocycles. The summed E-state index contributed by atoms with van der Waals surface area (Å²) >= 11 is 0. The highest BCUT2D eigenvalue weighted by Gasteiger charge is 2.31. The van der Waals surface area contributed by atoms with Crippen LogP contribution in [0.1, 0.15) is 47.7 Å². The second-order valence-electron chi connectivity index (χ2n) is 8.28. The number of pyridine rings is 1. The number of ether oxygens (including phenoxy) is 1. The van der Waals surface area contributed by atoms with Gasteiger partial charge in [-0.05, 0) is 37.8 Å². The predicted octanol–water partition coefficient (Wildman–Crippen LogP) is 2.06. The molecule has 10 heteroatoms. The zero-order chi connectivity index (χ0) is 22.1. The number of hydrogen-bond donors (Lipinski definition) is 4. The second-order valence-corrected chi connectivity index (χ2v) is 8.28. The maximum absolute atomic E-state index is 12.8. The molecule has 0 aromatic carbocycles. The van der Waals surface area contributed by atoms with Crippen LogP contribution in [-0.4, -0.2) is 63.0 Å². The third-order valence-electron chi connectivity index (χ3n) is 6.13. The molecular weight excluding hydrogens is 410 g/mol. The number of carbonyl (C=O) groups is 1. The number of anilines is 3. The molecule has 3 aromatic heterocycles. The third kappa shape index (κ3) is 3.98. The Balaban J connectivity index is 1.42. The van der Waals surface area contributed by atoms with Crippen LogP contribution in [0.2, 0.25) is 0 Å². The van der Waals surface area contributed by atoms with Crippen LogP contribution in [0.4, 0.5) is 17.5 Å². The van der Waals surface area contributed by atoms with Crippen LogP contribution in [-0.2, 0) is 4.74 Å². The molecule has 0 bridgehead atoms. The quantitative estimate of drug-likeness (QED) is 0.462. The molecule has 0 radical (unpaired) electrons. The molecule has 1 aliphatic heterocycles. The summed E-state index contributed by atoms with van der Waals surface area (Å²) in [6, 6.07) is 7.47. The molecule has 1 saturated carbocycles. The van der Waals surface area contributed by atoms with E-state index in [0.29, 0.717) is 47.6 Å². The van der Waals surface area contributed by atoms with Gasteiger partial charge in [0.05, 0.1) is 24.9 Å². The summed E-state index contributed by atoms with van der Waals surface area (Å²) in [7, 11) is 1.78. The van der Waals surface area contributed by atoms with Crippen LogP contribution in [0, 0.1) is 0 Å². The number of aromatic nitrogens is 4. The monoisotopic (exact) mass is 437 g/mol. The Kier molecular flexibility index (Phi) is 5.62. The molecule has 1 aliphatic carbocycles. The van der Waals surface area contributed by atoms with E-state index in [4.69, 9.17) is 9.72 Å². The first-order valence-corrected chi connectivity index (χ1v) is 11.0. The average molecular weight is 438 g/mol. The van der Waals surface area contributed by atoms with E-state index in [1.165, 1.54) is 6.20 Å². The van der Waals surface area contributed by atoms with Crippen molar-refractivity contribution >= 4 is 29.0 Å². The molecule has 5 rings (SSSR count). The van der Waals surface area contributed by atoms with Crippen molar-refractivity contribution in [1.29, 1.82) is 0 Å². The van der Waals surface area contributed by atoms with E-state index in [0.717, 1.165) is 31.6 Å². The Bertz CT molecular complexity index is 1130. The summed E-state index contributed by atoms with van der Waals surface area (Å²) in [5, 5.41) is 23.3. The van der Waals surface area contributed by atoms with Gasteiger partial charge in [0.25, 0.3) is 5.91 Å². The minimum Gasteiger partial charge on any atom is -0.391 e. The van der Waals surface area contributed by atoms with Crippen molar-refractivity contribution in [2.24, 2.45) is 0 Å². The summed E-state index contributed by atoms with van der Waals surface area (Å²) in [5.74, 6) is 1.89. The van der Waals surface area contributed by atoms with Crippen molar-refractivity contribution in [3.05, 3.63) is 41.7 Å². The highest BCUT2D eigenvalue weighted by atomic mass is 16.5. The molecule has 3 atom stereocenters. The van der Waals surface area contributed by atoms with Gasteiger partial charge in [0.2, 0.25) is 0 Å². The Morgan fingerprint density at radius 1 is 1.22 bits per heavy atom. The fourth-order valence-corrected chi connectivity index (χ4v) is 4.12. The van der Waals surface area contributed by atoms with Crippen molar-refractivity contribution < 1.29 is 14.6 Å². The number of amides is 1. The minimum atomic E-state index is -0.494. The van der Waals surface area contributed by atoms with Gasteiger partial charge >= 0.3 is 0 Å². The minimum absolute atomic E-state index is 0.224. The summed E-state index contributed by atoms with van der Waals surface area (Å²) in [6.45, 7) is 1.50. The van der Waals surface area contributed by atoms with Crippen molar-refractivity contribution in [3.63, 3.8) is 0 Å². The molecule has 3 aromatic rings. The largest absolute Gasteiger partial charge is 0.391 e. The first-order valence-electron chi connectivity index (χ1n) is 11.0. The molecule has 4 N–H and O–H groups in total. The summed E-state index contributed by atoms with van der Waals surface area (Å²) in [6.07, 6.45) is 4.57. The van der Waals surface area contributed by atoms with Gasteiger partial charge in [-0.25, -0.2) is 9.97 Å². The maximum Gasteiger partial charge on any atom is 0.257 e.